The van der Waals surface area contributed by atoms with E-state index in [0.29, 0.717) is 23.8 Å². The largest absolute Gasteiger partial charge is 0.343 e. The van der Waals surface area contributed by atoms with Crippen molar-refractivity contribution in [2.24, 2.45) is 11.3 Å². The number of rotatable bonds is 4. The number of nitrogens with one attached hydrogen (secondary N) is 1. The highest BCUT2D eigenvalue weighted by Crippen LogP contribution is 2.37. The molecule has 2 fully saturated rings. The number of hydrogen-bond acceptors (Lipinski definition) is 2. The summed E-state index contributed by atoms with van der Waals surface area (Å²) in [7, 11) is 0. The highest BCUT2D eigenvalue weighted by atomic mass is 16.2. The SMILES string of the molecule is CC(C)(C)C1CCC(NCCC(=O)N2CCCC2)CC1. The third-order valence-corrected chi connectivity index (χ3v) is 5.18. The van der Waals surface area contributed by atoms with Crippen LogP contribution in [0.2, 0.25) is 0 Å². The van der Waals surface area contributed by atoms with Crippen molar-refractivity contribution in [3.05, 3.63) is 0 Å². The van der Waals surface area contributed by atoms with Crippen molar-refractivity contribution >= 4 is 5.91 Å². The maximum atomic E-state index is 12.0. The number of hydrogen-bond donors (Lipinski definition) is 1. The summed E-state index contributed by atoms with van der Waals surface area (Å²) in [5.41, 5.74) is 0.455. The number of carbonyl (C=O) groups excluding carboxylic acids is 1. The van der Waals surface area contributed by atoms with Crippen LogP contribution in [0.5, 0.6) is 0 Å². The van der Waals surface area contributed by atoms with Crippen LogP contribution in [0.3, 0.4) is 0 Å². The van der Waals surface area contributed by atoms with Gasteiger partial charge < -0.3 is 10.2 Å². The van der Waals surface area contributed by atoms with Gasteiger partial charge in [0.1, 0.15) is 0 Å². The Kier molecular flexibility index (Phi) is 5.48. The lowest BCUT2D eigenvalue weighted by molar-refractivity contribution is -0.130. The summed E-state index contributed by atoms with van der Waals surface area (Å²) in [5, 5.41) is 3.60. The Morgan fingerprint density at radius 1 is 1.10 bits per heavy atom. The summed E-state index contributed by atoms with van der Waals surface area (Å²) < 4.78 is 0. The average molecular weight is 280 g/mol. The molecule has 0 unspecified atom stereocenters. The highest BCUT2D eigenvalue weighted by Gasteiger charge is 2.29. The van der Waals surface area contributed by atoms with E-state index in [1.807, 2.05) is 4.90 Å². The van der Waals surface area contributed by atoms with Gasteiger partial charge in [0.05, 0.1) is 0 Å². The summed E-state index contributed by atoms with van der Waals surface area (Å²) in [5.74, 6) is 1.21. The molecule has 0 aromatic heterocycles. The van der Waals surface area contributed by atoms with E-state index in [9.17, 15) is 4.79 Å². The number of likely N-dealkylation sites (tertiary alicyclic amines) is 1. The van der Waals surface area contributed by atoms with Gasteiger partial charge in [-0.3, -0.25) is 4.79 Å². The highest BCUT2D eigenvalue weighted by molar-refractivity contribution is 5.76. The molecule has 1 heterocycles. The predicted octanol–water partition coefficient (Wildman–Crippen LogP) is 3.19. The summed E-state index contributed by atoms with van der Waals surface area (Å²) in [6.45, 7) is 9.91. The Labute approximate surface area is 124 Å². The van der Waals surface area contributed by atoms with Crippen LogP contribution < -0.4 is 5.32 Å². The van der Waals surface area contributed by atoms with Crippen molar-refractivity contribution in [2.45, 2.75) is 71.8 Å². The molecule has 1 N–H and O–H groups in total. The predicted molar refractivity (Wildman–Crippen MR) is 83.6 cm³/mol. The van der Waals surface area contributed by atoms with E-state index in [1.54, 1.807) is 0 Å². The maximum absolute atomic E-state index is 12.0. The minimum absolute atomic E-state index is 0.346. The third kappa shape index (κ3) is 4.47. The number of nitrogens with zero attached hydrogens (tertiary/aromatic N) is 1. The summed E-state index contributed by atoms with van der Waals surface area (Å²) in [6, 6.07) is 0.639. The van der Waals surface area contributed by atoms with E-state index in [1.165, 1.54) is 38.5 Å². The fraction of sp³-hybridized carbons (Fsp3) is 0.941. The standard InChI is InChI=1S/C17H32N2O/c1-17(2,3)14-6-8-15(9-7-14)18-11-10-16(20)19-12-4-5-13-19/h14-15,18H,4-13H2,1-3H3. The van der Waals surface area contributed by atoms with Crippen LogP contribution in [-0.4, -0.2) is 36.5 Å². The molecule has 116 valence electrons. The lowest BCUT2D eigenvalue weighted by Crippen LogP contribution is -2.38. The molecule has 0 bridgehead atoms. The monoisotopic (exact) mass is 280 g/mol. The van der Waals surface area contributed by atoms with Crippen molar-refractivity contribution in [2.75, 3.05) is 19.6 Å². The fourth-order valence-electron chi connectivity index (χ4n) is 3.67. The Bertz CT molecular complexity index is 307. The summed E-state index contributed by atoms with van der Waals surface area (Å²) in [6.07, 6.45) is 8.29. The van der Waals surface area contributed by atoms with E-state index in [-0.39, 0.29) is 0 Å². The Morgan fingerprint density at radius 3 is 2.25 bits per heavy atom. The van der Waals surface area contributed by atoms with Gasteiger partial charge in [0.25, 0.3) is 0 Å². The molecule has 3 heteroatoms. The normalized spacial score (nSPS) is 27.9. The maximum Gasteiger partial charge on any atom is 0.223 e. The van der Waals surface area contributed by atoms with E-state index < -0.39 is 0 Å². The number of carbonyl (C=O) groups is 1. The summed E-state index contributed by atoms with van der Waals surface area (Å²) in [4.78, 5) is 14.0. The molecule has 2 rings (SSSR count). The molecule has 3 nitrogen and oxygen atoms in total. The molecular formula is C17H32N2O. The molecule has 0 radical (unpaired) electrons. The summed E-state index contributed by atoms with van der Waals surface area (Å²) >= 11 is 0. The zero-order chi connectivity index (χ0) is 14.6. The minimum Gasteiger partial charge on any atom is -0.343 e. The second kappa shape index (κ2) is 6.93. The van der Waals surface area contributed by atoms with E-state index in [4.69, 9.17) is 0 Å². The lowest BCUT2D eigenvalue weighted by Gasteiger charge is -2.37. The first kappa shape index (κ1) is 15.8. The average Bonchev–Trinajstić information content (AvgIpc) is 2.92. The van der Waals surface area contributed by atoms with Gasteiger partial charge in [-0.05, 0) is 49.9 Å². The van der Waals surface area contributed by atoms with Crippen LogP contribution in [0, 0.1) is 11.3 Å². The van der Waals surface area contributed by atoms with E-state index in [2.05, 4.69) is 26.1 Å². The van der Waals surface area contributed by atoms with Crippen molar-refractivity contribution < 1.29 is 4.79 Å². The zero-order valence-corrected chi connectivity index (χ0v) is 13.6. The van der Waals surface area contributed by atoms with Gasteiger partial charge in [0.15, 0.2) is 0 Å². The van der Waals surface area contributed by atoms with Crippen molar-refractivity contribution in [1.82, 2.24) is 10.2 Å². The van der Waals surface area contributed by atoms with E-state index >= 15 is 0 Å². The van der Waals surface area contributed by atoms with Gasteiger partial charge in [-0.1, -0.05) is 20.8 Å². The molecule has 0 aromatic carbocycles. The smallest absolute Gasteiger partial charge is 0.223 e. The molecule has 1 aliphatic carbocycles. The molecule has 1 aliphatic heterocycles. The molecule has 1 saturated carbocycles. The van der Waals surface area contributed by atoms with Gasteiger partial charge in [-0.2, -0.15) is 0 Å². The second-order valence-corrected chi connectivity index (χ2v) is 7.71. The van der Waals surface area contributed by atoms with Gasteiger partial charge in [0.2, 0.25) is 5.91 Å². The van der Waals surface area contributed by atoms with Gasteiger partial charge in [-0.15, -0.1) is 0 Å². The first-order chi connectivity index (χ1) is 9.47. The minimum atomic E-state index is 0.346. The third-order valence-electron chi connectivity index (χ3n) is 5.18. The van der Waals surface area contributed by atoms with Crippen LogP contribution in [-0.2, 0) is 4.79 Å². The molecule has 2 aliphatic rings. The Hall–Kier alpha value is -0.570. The molecule has 20 heavy (non-hydrogen) atoms. The van der Waals surface area contributed by atoms with Crippen LogP contribution >= 0.6 is 0 Å². The Balaban J connectivity index is 1.60. The van der Waals surface area contributed by atoms with Crippen LogP contribution in [0.15, 0.2) is 0 Å². The lowest BCUT2D eigenvalue weighted by atomic mass is 9.71. The van der Waals surface area contributed by atoms with Crippen molar-refractivity contribution in [3.63, 3.8) is 0 Å². The zero-order valence-electron chi connectivity index (χ0n) is 13.6. The fourth-order valence-corrected chi connectivity index (χ4v) is 3.67. The van der Waals surface area contributed by atoms with Gasteiger partial charge in [0, 0.05) is 32.1 Å². The first-order valence-electron chi connectivity index (χ1n) is 8.48. The van der Waals surface area contributed by atoms with Crippen LogP contribution in [0.4, 0.5) is 0 Å². The van der Waals surface area contributed by atoms with Crippen LogP contribution in [0.1, 0.15) is 65.7 Å². The van der Waals surface area contributed by atoms with Gasteiger partial charge in [-0.25, -0.2) is 0 Å². The quantitative estimate of drug-likeness (QED) is 0.857. The number of amides is 1. The Morgan fingerprint density at radius 2 is 1.70 bits per heavy atom. The first-order valence-corrected chi connectivity index (χ1v) is 8.48. The molecule has 0 spiro atoms. The molecule has 1 amide bonds. The molecule has 0 atom stereocenters. The van der Waals surface area contributed by atoms with Crippen molar-refractivity contribution in [1.29, 1.82) is 0 Å². The second-order valence-electron chi connectivity index (χ2n) is 7.71. The molecule has 1 saturated heterocycles. The molecular weight excluding hydrogens is 248 g/mol. The van der Waals surface area contributed by atoms with E-state index in [0.717, 1.165) is 25.6 Å². The van der Waals surface area contributed by atoms with Gasteiger partial charge >= 0.3 is 0 Å². The van der Waals surface area contributed by atoms with Crippen LogP contribution in [0.25, 0.3) is 0 Å². The molecule has 0 aromatic rings. The topological polar surface area (TPSA) is 32.3 Å². The van der Waals surface area contributed by atoms with Crippen molar-refractivity contribution in [3.8, 4) is 0 Å².